The molecule has 0 saturated carbocycles. The quantitative estimate of drug-likeness (QED) is 0.175. The van der Waals surface area contributed by atoms with E-state index in [-0.39, 0.29) is 23.5 Å². The zero-order valence-electron chi connectivity index (χ0n) is 20.3. The van der Waals surface area contributed by atoms with Gasteiger partial charge >= 0.3 is 5.97 Å². The molecule has 0 saturated heterocycles. The van der Waals surface area contributed by atoms with Crippen molar-refractivity contribution in [2.75, 3.05) is 13.7 Å². The highest BCUT2D eigenvalue weighted by atomic mass is 16.5. The second kappa shape index (κ2) is 10.3. The van der Waals surface area contributed by atoms with Crippen molar-refractivity contribution in [3.8, 4) is 11.5 Å². The number of para-hydroxylation sites is 1. The molecule has 0 radical (unpaired) electrons. The number of H-pyrrole nitrogens is 1. The van der Waals surface area contributed by atoms with E-state index in [0.717, 1.165) is 36.9 Å². The van der Waals surface area contributed by atoms with Gasteiger partial charge < -0.3 is 19.9 Å². The second-order valence-corrected chi connectivity index (χ2v) is 9.26. The largest absolute Gasteiger partial charge is 0.508 e. The van der Waals surface area contributed by atoms with Crippen LogP contribution in [0, 0.1) is 0 Å². The molecule has 5 rings (SSSR count). The second-order valence-electron chi connectivity index (χ2n) is 9.26. The number of aromatic hydroxyl groups is 2. The molecule has 36 heavy (non-hydrogen) atoms. The maximum atomic E-state index is 11.5. The van der Waals surface area contributed by atoms with E-state index in [9.17, 15) is 15.0 Å². The summed E-state index contributed by atoms with van der Waals surface area (Å²) in [5.41, 5.74) is 6.60. The number of hydrogen-bond donors (Lipinski definition) is 3. The van der Waals surface area contributed by atoms with Gasteiger partial charge in [0, 0.05) is 47.9 Å². The van der Waals surface area contributed by atoms with Crippen LogP contribution in [0.1, 0.15) is 40.3 Å². The van der Waals surface area contributed by atoms with E-state index < -0.39 is 0 Å². The normalized spacial score (nSPS) is 15.1. The van der Waals surface area contributed by atoms with Gasteiger partial charge in [-0.2, -0.15) is 0 Å². The first kappa shape index (κ1) is 23.7. The van der Waals surface area contributed by atoms with Crippen molar-refractivity contribution < 1.29 is 19.7 Å². The average molecular weight is 483 g/mol. The van der Waals surface area contributed by atoms with E-state index in [1.165, 1.54) is 41.3 Å². The van der Waals surface area contributed by atoms with Gasteiger partial charge in [-0.15, -0.1) is 0 Å². The first-order valence-electron chi connectivity index (χ1n) is 12.2. The summed E-state index contributed by atoms with van der Waals surface area (Å²) in [4.78, 5) is 17.2. The molecule has 3 N–H and O–H groups in total. The number of esters is 1. The summed E-state index contributed by atoms with van der Waals surface area (Å²) in [6.45, 7) is 1.32. The maximum Gasteiger partial charge on any atom is 0.330 e. The van der Waals surface area contributed by atoms with Crippen LogP contribution in [0.5, 0.6) is 11.5 Å². The molecule has 0 aliphatic heterocycles. The van der Waals surface area contributed by atoms with Crippen molar-refractivity contribution in [1.82, 2.24) is 9.88 Å². The van der Waals surface area contributed by atoms with E-state index in [1.54, 1.807) is 18.2 Å². The predicted octanol–water partition coefficient (Wildman–Crippen LogP) is 5.50. The van der Waals surface area contributed by atoms with Crippen LogP contribution in [-0.2, 0) is 28.9 Å². The Bertz CT molecular complexity index is 1420. The molecule has 3 aromatic carbocycles. The fraction of sp³-hybridized carbons (Fsp3) is 0.233. The summed E-state index contributed by atoms with van der Waals surface area (Å²) in [7, 11) is 1.37. The van der Waals surface area contributed by atoms with Crippen LogP contribution in [0.4, 0.5) is 0 Å². The Morgan fingerprint density at radius 2 is 1.97 bits per heavy atom. The Morgan fingerprint density at radius 1 is 1.11 bits per heavy atom. The van der Waals surface area contributed by atoms with Gasteiger partial charge in [0.2, 0.25) is 0 Å². The lowest BCUT2D eigenvalue weighted by atomic mass is 10.0. The van der Waals surface area contributed by atoms with E-state index in [2.05, 4.69) is 46.4 Å². The van der Waals surface area contributed by atoms with Crippen LogP contribution in [-0.4, -0.2) is 39.7 Å². The van der Waals surface area contributed by atoms with Gasteiger partial charge in [0.1, 0.15) is 11.5 Å². The number of ether oxygens (including phenoxy) is 1. The van der Waals surface area contributed by atoms with Gasteiger partial charge in [-0.05, 0) is 71.9 Å². The van der Waals surface area contributed by atoms with E-state index in [1.807, 2.05) is 12.1 Å². The predicted molar refractivity (Wildman–Crippen MR) is 141 cm³/mol. The molecule has 0 bridgehead atoms. The number of nitrogens with zero attached hydrogens (tertiary/aromatic N) is 1. The number of aromatic amines is 1. The molecule has 1 aliphatic rings. The summed E-state index contributed by atoms with van der Waals surface area (Å²) in [6.07, 6.45) is 8.06. The maximum absolute atomic E-state index is 11.5. The number of aromatic nitrogens is 1. The molecule has 0 amide bonds. The fourth-order valence-corrected chi connectivity index (χ4v) is 5.20. The van der Waals surface area contributed by atoms with Gasteiger partial charge in [0.25, 0.3) is 0 Å². The van der Waals surface area contributed by atoms with Gasteiger partial charge in [0.05, 0.1) is 7.11 Å². The number of fused-ring (bicyclic) bond motifs is 2. The lowest BCUT2D eigenvalue weighted by Gasteiger charge is -2.30. The van der Waals surface area contributed by atoms with Crippen molar-refractivity contribution in [3.63, 3.8) is 0 Å². The lowest BCUT2D eigenvalue weighted by Crippen LogP contribution is -2.29. The standard InChI is InChI=1S/C30H30N2O4/c1-36-30(35)13-7-20-6-10-26-21(16-20)8-11-28(26)32(19-23-17-24(33)9-12-29(23)34)15-14-22-18-31-27-5-3-2-4-25(22)27/h2-7,9-10,12-13,16-18,28,31,33-34H,8,11,14-15,19H2,1H3. The number of carbonyl (C=O) groups is 1. The molecule has 6 nitrogen and oxygen atoms in total. The highest BCUT2D eigenvalue weighted by Crippen LogP contribution is 2.38. The highest BCUT2D eigenvalue weighted by Gasteiger charge is 2.29. The minimum atomic E-state index is -0.372. The minimum Gasteiger partial charge on any atom is -0.508 e. The summed E-state index contributed by atoms with van der Waals surface area (Å²) in [5.74, 6) is -0.0394. The van der Waals surface area contributed by atoms with Gasteiger partial charge in [0.15, 0.2) is 0 Å². The van der Waals surface area contributed by atoms with Crippen LogP contribution < -0.4 is 0 Å². The third-order valence-corrected chi connectivity index (χ3v) is 7.05. The molecule has 1 heterocycles. The fourth-order valence-electron chi connectivity index (χ4n) is 5.20. The van der Waals surface area contributed by atoms with Crippen LogP contribution in [0.25, 0.3) is 17.0 Å². The Balaban J connectivity index is 1.42. The van der Waals surface area contributed by atoms with Gasteiger partial charge in [-0.3, -0.25) is 4.90 Å². The molecule has 1 atom stereocenters. The van der Waals surface area contributed by atoms with Crippen LogP contribution in [0.2, 0.25) is 0 Å². The van der Waals surface area contributed by atoms with Crippen molar-refractivity contribution in [1.29, 1.82) is 0 Å². The average Bonchev–Trinajstić information content (AvgIpc) is 3.51. The van der Waals surface area contributed by atoms with E-state index in [0.29, 0.717) is 12.1 Å². The number of carbonyl (C=O) groups excluding carboxylic acids is 1. The van der Waals surface area contributed by atoms with E-state index in [4.69, 9.17) is 4.74 Å². The van der Waals surface area contributed by atoms with Crippen LogP contribution in [0.15, 0.2) is 72.9 Å². The zero-order chi connectivity index (χ0) is 25.1. The molecule has 1 unspecified atom stereocenters. The summed E-state index contributed by atoms with van der Waals surface area (Å²) < 4.78 is 4.70. The first-order valence-corrected chi connectivity index (χ1v) is 12.2. The number of nitrogens with one attached hydrogen (secondary N) is 1. The number of phenolic OH excluding ortho intramolecular Hbond substituents is 2. The molecule has 0 spiro atoms. The first-order chi connectivity index (χ1) is 17.5. The minimum absolute atomic E-state index is 0.147. The molecular weight excluding hydrogens is 452 g/mol. The molecule has 6 heteroatoms. The number of benzene rings is 3. The Morgan fingerprint density at radius 3 is 2.83 bits per heavy atom. The summed E-state index contributed by atoms with van der Waals surface area (Å²) in [6, 6.07) is 19.5. The number of aryl methyl sites for hydroxylation is 1. The number of methoxy groups -OCH3 is 1. The van der Waals surface area contributed by atoms with Gasteiger partial charge in [-0.25, -0.2) is 4.79 Å². The number of phenols is 2. The summed E-state index contributed by atoms with van der Waals surface area (Å²) in [5, 5.41) is 21.8. The Hall–Kier alpha value is -4.03. The number of hydrogen-bond acceptors (Lipinski definition) is 5. The Kier molecular flexibility index (Phi) is 6.78. The monoisotopic (exact) mass is 482 g/mol. The highest BCUT2D eigenvalue weighted by molar-refractivity contribution is 5.87. The molecule has 0 fully saturated rings. The number of rotatable bonds is 8. The topological polar surface area (TPSA) is 85.8 Å². The van der Waals surface area contributed by atoms with Crippen LogP contribution in [0.3, 0.4) is 0 Å². The summed E-state index contributed by atoms with van der Waals surface area (Å²) >= 11 is 0. The Labute approximate surface area is 210 Å². The van der Waals surface area contributed by atoms with E-state index >= 15 is 0 Å². The van der Waals surface area contributed by atoms with Crippen molar-refractivity contribution in [2.24, 2.45) is 0 Å². The smallest absolute Gasteiger partial charge is 0.330 e. The van der Waals surface area contributed by atoms with Crippen molar-refractivity contribution in [3.05, 3.63) is 101 Å². The zero-order valence-corrected chi connectivity index (χ0v) is 20.3. The lowest BCUT2D eigenvalue weighted by molar-refractivity contribution is -0.134. The van der Waals surface area contributed by atoms with Gasteiger partial charge in [-0.1, -0.05) is 36.4 Å². The molecule has 4 aromatic rings. The molecule has 184 valence electrons. The SMILES string of the molecule is COC(=O)C=Cc1ccc2c(c1)CCC2N(CCc1c[nH]c2ccccc12)Cc1cc(O)ccc1O. The third-order valence-electron chi connectivity index (χ3n) is 7.05. The molecule has 1 aromatic heterocycles. The molecular formula is C30H30N2O4. The van der Waals surface area contributed by atoms with Crippen LogP contribution >= 0.6 is 0 Å². The third kappa shape index (κ3) is 4.99. The van der Waals surface area contributed by atoms with Crippen molar-refractivity contribution >= 4 is 22.9 Å². The molecule has 1 aliphatic carbocycles. The van der Waals surface area contributed by atoms with Crippen molar-refractivity contribution in [2.45, 2.75) is 31.8 Å².